The smallest absolute Gasteiger partial charge is 0.242 e. The van der Waals surface area contributed by atoms with Crippen molar-refractivity contribution >= 4 is 27.5 Å². The Hall–Kier alpha value is -3.85. The van der Waals surface area contributed by atoms with Crippen molar-refractivity contribution in [2.24, 2.45) is 0 Å². The van der Waals surface area contributed by atoms with Crippen LogP contribution in [-0.2, 0) is 32.6 Å². The van der Waals surface area contributed by atoms with Gasteiger partial charge in [-0.1, -0.05) is 54.6 Å². The molecule has 39 heavy (non-hydrogen) atoms. The minimum atomic E-state index is -3.55. The maximum absolute atomic E-state index is 13.7. The molecular weight excluding hydrogens is 514 g/mol. The summed E-state index contributed by atoms with van der Waals surface area (Å²) < 4.78 is 31.8. The summed E-state index contributed by atoms with van der Waals surface area (Å²) in [4.78, 5) is 28.4. The Morgan fingerprint density at radius 3 is 2.28 bits per heavy atom. The first-order valence-corrected chi connectivity index (χ1v) is 14.7. The summed E-state index contributed by atoms with van der Waals surface area (Å²) in [7, 11) is -0.421. The molecule has 8 nitrogen and oxygen atoms in total. The Kier molecular flexibility index (Phi) is 10.5. The van der Waals surface area contributed by atoms with Gasteiger partial charge in [-0.3, -0.25) is 13.9 Å². The number of nitrogens with one attached hydrogen (secondary N) is 1. The molecule has 0 fully saturated rings. The Morgan fingerprint density at radius 1 is 0.949 bits per heavy atom. The SMILES string of the molecule is CNC(=O)[C@@H](Cc1ccccc1)N(Cc1cccc(OC)c1)C(=O)CCCN(c1cccc(C)c1)S(C)(=O)=O. The fourth-order valence-corrected chi connectivity index (χ4v) is 5.43. The fraction of sp³-hybridized carbons (Fsp3) is 0.333. The number of carbonyl (C=O) groups excluding carboxylic acids is 2. The van der Waals surface area contributed by atoms with Crippen LogP contribution in [0.3, 0.4) is 0 Å². The number of aryl methyl sites for hydroxylation is 1. The number of carbonyl (C=O) groups is 2. The molecule has 0 aliphatic rings. The van der Waals surface area contributed by atoms with Gasteiger partial charge in [-0.05, 0) is 54.3 Å². The van der Waals surface area contributed by atoms with Crippen molar-refractivity contribution in [2.45, 2.75) is 38.8 Å². The number of nitrogens with zero attached hydrogens (tertiary/aromatic N) is 2. The molecule has 0 radical (unpaired) electrons. The molecule has 0 aliphatic carbocycles. The molecule has 0 aromatic heterocycles. The number of methoxy groups -OCH3 is 1. The van der Waals surface area contributed by atoms with Gasteiger partial charge in [-0.2, -0.15) is 0 Å². The molecule has 3 aromatic carbocycles. The average Bonchev–Trinajstić information content (AvgIpc) is 2.92. The summed E-state index contributed by atoms with van der Waals surface area (Å²) in [6.07, 6.45) is 1.87. The first kappa shape index (κ1) is 29.7. The lowest BCUT2D eigenvalue weighted by Gasteiger charge is -2.31. The standard InChI is InChI=1S/C30H37N3O5S/c1-23-11-8-15-26(19-23)33(39(4,36)37)18-10-17-29(34)32(22-25-14-9-16-27(20-25)38-3)28(30(35)31-2)21-24-12-6-5-7-13-24/h5-9,11-16,19-20,28H,10,17-18,21-22H2,1-4H3,(H,31,35)/t28-/m1/s1. The van der Waals surface area contributed by atoms with Crippen LogP contribution in [0, 0.1) is 6.92 Å². The molecule has 0 unspecified atom stereocenters. The Balaban J connectivity index is 1.86. The maximum atomic E-state index is 13.7. The monoisotopic (exact) mass is 551 g/mol. The Labute approximate surface area is 231 Å². The molecule has 0 saturated carbocycles. The first-order chi connectivity index (χ1) is 18.6. The normalized spacial score (nSPS) is 11.9. The first-order valence-electron chi connectivity index (χ1n) is 12.8. The third kappa shape index (κ3) is 8.58. The molecule has 0 bridgehead atoms. The van der Waals surface area contributed by atoms with E-state index in [0.29, 0.717) is 24.3 Å². The minimum Gasteiger partial charge on any atom is -0.497 e. The van der Waals surface area contributed by atoms with Crippen LogP contribution in [0.4, 0.5) is 5.69 Å². The van der Waals surface area contributed by atoms with Gasteiger partial charge < -0.3 is 15.0 Å². The Morgan fingerprint density at radius 2 is 1.64 bits per heavy atom. The molecule has 3 aromatic rings. The highest BCUT2D eigenvalue weighted by Gasteiger charge is 2.30. The number of hydrogen-bond donors (Lipinski definition) is 1. The van der Waals surface area contributed by atoms with Gasteiger partial charge in [0.25, 0.3) is 0 Å². The summed E-state index contributed by atoms with van der Waals surface area (Å²) in [6, 6.07) is 23.4. The van der Waals surface area contributed by atoms with Crippen molar-refractivity contribution in [3.8, 4) is 5.75 Å². The van der Waals surface area contributed by atoms with Gasteiger partial charge in [0.1, 0.15) is 11.8 Å². The molecule has 0 spiro atoms. The van der Waals surface area contributed by atoms with E-state index >= 15 is 0 Å². The zero-order valence-electron chi connectivity index (χ0n) is 23.0. The van der Waals surface area contributed by atoms with Crippen molar-refractivity contribution in [3.05, 3.63) is 95.6 Å². The summed E-state index contributed by atoms with van der Waals surface area (Å²) in [5.74, 6) is 0.147. The van der Waals surface area contributed by atoms with Crippen LogP contribution in [0.2, 0.25) is 0 Å². The highest BCUT2D eigenvalue weighted by molar-refractivity contribution is 7.92. The highest BCUT2D eigenvalue weighted by Crippen LogP contribution is 2.22. The zero-order chi connectivity index (χ0) is 28.4. The molecule has 2 amide bonds. The van der Waals surface area contributed by atoms with E-state index in [9.17, 15) is 18.0 Å². The minimum absolute atomic E-state index is 0.0735. The average molecular weight is 552 g/mol. The van der Waals surface area contributed by atoms with Gasteiger partial charge in [0.2, 0.25) is 21.8 Å². The molecule has 0 aliphatic heterocycles. The molecule has 1 N–H and O–H groups in total. The second-order valence-electron chi connectivity index (χ2n) is 9.47. The summed E-state index contributed by atoms with van der Waals surface area (Å²) in [6.45, 7) is 2.24. The van der Waals surface area contributed by atoms with E-state index < -0.39 is 16.1 Å². The van der Waals surface area contributed by atoms with Crippen molar-refractivity contribution in [1.82, 2.24) is 10.2 Å². The highest BCUT2D eigenvalue weighted by atomic mass is 32.2. The number of likely N-dealkylation sites (N-methyl/N-ethyl adjacent to an activating group) is 1. The van der Waals surface area contributed by atoms with Crippen LogP contribution in [-0.4, -0.2) is 58.1 Å². The number of ether oxygens (including phenoxy) is 1. The predicted molar refractivity (Wildman–Crippen MR) is 154 cm³/mol. The van der Waals surface area contributed by atoms with Crippen molar-refractivity contribution in [3.63, 3.8) is 0 Å². The van der Waals surface area contributed by atoms with E-state index in [0.717, 1.165) is 22.9 Å². The van der Waals surface area contributed by atoms with E-state index in [1.54, 1.807) is 37.3 Å². The molecule has 9 heteroatoms. The molecule has 208 valence electrons. The van der Waals surface area contributed by atoms with E-state index in [1.165, 1.54) is 4.31 Å². The second-order valence-corrected chi connectivity index (χ2v) is 11.4. The number of anilines is 1. The van der Waals surface area contributed by atoms with Gasteiger partial charge >= 0.3 is 0 Å². The van der Waals surface area contributed by atoms with Gasteiger partial charge in [0.15, 0.2) is 0 Å². The largest absolute Gasteiger partial charge is 0.497 e. The lowest BCUT2D eigenvalue weighted by atomic mass is 10.0. The third-order valence-corrected chi connectivity index (χ3v) is 7.64. The lowest BCUT2D eigenvalue weighted by Crippen LogP contribution is -2.49. The summed E-state index contributed by atoms with van der Waals surface area (Å²) >= 11 is 0. The number of amides is 2. The predicted octanol–water partition coefficient (Wildman–Crippen LogP) is 3.94. The summed E-state index contributed by atoms with van der Waals surface area (Å²) in [5.41, 5.74) is 3.25. The van der Waals surface area contributed by atoms with Crippen LogP contribution in [0.5, 0.6) is 5.75 Å². The van der Waals surface area contributed by atoms with Crippen LogP contribution < -0.4 is 14.4 Å². The maximum Gasteiger partial charge on any atom is 0.242 e. The number of rotatable bonds is 13. The van der Waals surface area contributed by atoms with E-state index in [-0.39, 0.29) is 31.3 Å². The zero-order valence-corrected chi connectivity index (χ0v) is 23.8. The third-order valence-electron chi connectivity index (χ3n) is 6.45. The van der Waals surface area contributed by atoms with E-state index in [4.69, 9.17) is 4.74 Å². The van der Waals surface area contributed by atoms with Gasteiger partial charge in [-0.25, -0.2) is 8.42 Å². The number of sulfonamides is 1. The number of benzene rings is 3. The van der Waals surface area contributed by atoms with Crippen LogP contribution >= 0.6 is 0 Å². The molecular formula is C30H37N3O5S. The fourth-order valence-electron chi connectivity index (χ4n) is 4.48. The Bertz CT molecular complexity index is 1360. The van der Waals surface area contributed by atoms with Crippen molar-refractivity contribution in [1.29, 1.82) is 0 Å². The molecule has 3 rings (SSSR count). The molecule has 0 heterocycles. The van der Waals surface area contributed by atoms with E-state index in [2.05, 4.69) is 5.32 Å². The van der Waals surface area contributed by atoms with Gasteiger partial charge in [0, 0.05) is 33.0 Å². The summed E-state index contributed by atoms with van der Waals surface area (Å²) in [5, 5.41) is 2.70. The van der Waals surface area contributed by atoms with Crippen LogP contribution in [0.15, 0.2) is 78.9 Å². The quantitative estimate of drug-likeness (QED) is 0.347. The topological polar surface area (TPSA) is 96.0 Å². The van der Waals surface area contributed by atoms with Crippen molar-refractivity contribution in [2.75, 3.05) is 31.3 Å². The molecule has 1 atom stereocenters. The van der Waals surface area contributed by atoms with Crippen molar-refractivity contribution < 1.29 is 22.7 Å². The number of hydrogen-bond acceptors (Lipinski definition) is 5. The second kappa shape index (κ2) is 13.8. The lowest BCUT2D eigenvalue weighted by molar-refractivity contribution is -0.141. The van der Waals surface area contributed by atoms with Gasteiger partial charge in [-0.15, -0.1) is 0 Å². The van der Waals surface area contributed by atoms with E-state index in [1.807, 2.05) is 67.6 Å². The van der Waals surface area contributed by atoms with Crippen LogP contribution in [0.25, 0.3) is 0 Å². The molecule has 0 saturated heterocycles. The van der Waals surface area contributed by atoms with Gasteiger partial charge in [0.05, 0.1) is 19.1 Å². The van der Waals surface area contributed by atoms with Crippen LogP contribution in [0.1, 0.15) is 29.5 Å².